The second-order valence-corrected chi connectivity index (χ2v) is 5.60. The largest absolute Gasteiger partial charge is 0.497 e. The first kappa shape index (κ1) is 16.0. The minimum atomic E-state index is -0.217. The van der Waals surface area contributed by atoms with E-state index in [4.69, 9.17) is 4.74 Å². The highest BCUT2D eigenvalue weighted by atomic mass is 16.5. The molecule has 0 atom stereocenters. The molecule has 1 aliphatic rings. The van der Waals surface area contributed by atoms with E-state index in [9.17, 15) is 9.59 Å². The van der Waals surface area contributed by atoms with Crippen LogP contribution < -0.4 is 10.1 Å². The van der Waals surface area contributed by atoms with Crippen LogP contribution in [-0.4, -0.2) is 47.1 Å². The molecule has 7 nitrogen and oxygen atoms in total. The summed E-state index contributed by atoms with van der Waals surface area (Å²) in [4.78, 5) is 26.6. The van der Waals surface area contributed by atoms with Crippen molar-refractivity contribution >= 4 is 11.8 Å². The maximum atomic E-state index is 12.7. The van der Waals surface area contributed by atoms with Gasteiger partial charge in [-0.2, -0.15) is 5.10 Å². The molecular weight excluding hydrogens is 308 g/mol. The standard InChI is InChI=1S/C17H20N4O3/c1-3-18-16(22)15-13-10-21(8-7-14(13)19-20-15)17(23)11-5-4-6-12(9-11)24-2/h4-6,9H,3,7-8,10H2,1-2H3,(H,18,22)(H,19,20). The number of methoxy groups -OCH3 is 1. The van der Waals surface area contributed by atoms with Crippen LogP contribution in [0.4, 0.5) is 0 Å². The maximum Gasteiger partial charge on any atom is 0.272 e. The van der Waals surface area contributed by atoms with Crippen molar-refractivity contribution in [2.24, 2.45) is 0 Å². The number of carbonyl (C=O) groups is 2. The molecule has 0 unspecified atom stereocenters. The van der Waals surface area contributed by atoms with Gasteiger partial charge in [0.1, 0.15) is 5.75 Å². The second kappa shape index (κ2) is 6.74. The first-order valence-corrected chi connectivity index (χ1v) is 7.91. The SMILES string of the molecule is CCNC(=O)c1n[nH]c2c1CN(C(=O)c1cccc(OC)c1)CC2. The zero-order valence-electron chi connectivity index (χ0n) is 13.8. The van der Waals surface area contributed by atoms with Gasteiger partial charge in [-0.3, -0.25) is 14.7 Å². The predicted molar refractivity (Wildman–Crippen MR) is 88.0 cm³/mol. The monoisotopic (exact) mass is 328 g/mol. The number of rotatable bonds is 4. The number of H-pyrrole nitrogens is 1. The summed E-state index contributed by atoms with van der Waals surface area (Å²) in [6.45, 7) is 3.34. The highest BCUT2D eigenvalue weighted by molar-refractivity contribution is 5.96. The third kappa shape index (κ3) is 2.97. The van der Waals surface area contributed by atoms with E-state index in [0.29, 0.717) is 43.1 Å². The van der Waals surface area contributed by atoms with E-state index in [2.05, 4.69) is 15.5 Å². The van der Waals surface area contributed by atoms with Gasteiger partial charge in [-0.15, -0.1) is 0 Å². The number of hydrogen-bond donors (Lipinski definition) is 2. The minimum absolute atomic E-state index is 0.0809. The lowest BCUT2D eigenvalue weighted by atomic mass is 10.0. The Balaban J connectivity index is 1.82. The van der Waals surface area contributed by atoms with E-state index in [1.165, 1.54) is 0 Å². The molecule has 0 bridgehead atoms. The summed E-state index contributed by atoms with van der Waals surface area (Å²) in [5.74, 6) is 0.346. The fraction of sp³-hybridized carbons (Fsp3) is 0.353. The van der Waals surface area contributed by atoms with E-state index in [0.717, 1.165) is 11.3 Å². The molecule has 0 aliphatic carbocycles. The number of nitrogens with zero attached hydrogens (tertiary/aromatic N) is 2. The van der Waals surface area contributed by atoms with Gasteiger partial charge in [-0.1, -0.05) is 6.07 Å². The van der Waals surface area contributed by atoms with Crippen molar-refractivity contribution in [2.45, 2.75) is 19.9 Å². The smallest absolute Gasteiger partial charge is 0.272 e. The number of aromatic nitrogens is 2. The molecule has 2 N–H and O–H groups in total. The molecule has 126 valence electrons. The molecule has 0 spiro atoms. The Kier molecular flexibility index (Phi) is 4.50. The molecule has 1 aromatic carbocycles. The predicted octanol–water partition coefficient (Wildman–Crippen LogP) is 1.37. The van der Waals surface area contributed by atoms with Crippen LogP contribution in [0.1, 0.15) is 39.0 Å². The molecule has 3 rings (SSSR count). The van der Waals surface area contributed by atoms with Crippen LogP contribution in [0, 0.1) is 0 Å². The summed E-state index contributed by atoms with van der Waals surface area (Å²) >= 11 is 0. The third-order valence-electron chi connectivity index (χ3n) is 4.09. The van der Waals surface area contributed by atoms with Gasteiger partial charge in [-0.05, 0) is 25.1 Å². The molecule has 0 fully saturated rings. The lowest BCUT2D eigenvalue weighted by molar-refractivity contribution is 0.0731. The van der Waals surface area contributed by atoms with Gasteiger partial charge >= 0.3 is 0 Å². The van der Waals surface area contributed by atoms with Crippen molar-refractivity contribution in [3.05, 3.63) is 46.8 Å². The summed E-state index contributed by atoms with van der Waals surface area (Å²) in [5, 5.41) is 9.78. The van der Waals surface area contributed by atoms with E-state index < -0.39 is 0 Å². The number of benzene rings is 1. The zero-order chi connectivity index (χ0) is 17.1. The number of aromatic amines is 1. The normalized spacial score (nSPS) is 13.3. The summed E-state index contributed by atoms with van der Waals surface area (Å²) in [5.41, 5.74) is 2.66. The lowest BCUT2D eigenvalue weighted by Crippen LogP contribution is -2.37. The highest BCUT2D eigenvalue weighted by Gasteiger charge is 2.28. The molecule has 2 aromatic rings. The molecule has 2 amide bonds. The van der Waals surface area contributed by atoms with Crippen LogP contribution in [0.5, 0.6) is 5.75 Å². The van der Waals surface area contributed by atoms with Crippen LogP contribution in [0.15, 0.2) is 24.3 Å². The van der Waals surface area contributed by atoms with Crippen molar-refractivity contribution < 1.29 is 14.3 Å². The van der Waals surface area contributed by atoms with Crippen LogP contribution in [0.25, 0.3) is 0 Å². The van der Waals surface area contributed by atoms with Crippen LogP contribution in [0.2, 0.25) is 0 Å². The molecule has 2 heterocycles. The average Bonchev–Trinajstić information content (AvgIpc) is 3.04. The number of ether oxygens (including phenoxy) is 1. The third-order valence-corrected chi connectivity index (χ3v) is 4.09. The average molecular weight is 328 g/mol. The molecule has 1 aromatic heterocycles. The fourth-order valence-corrected chi connectivity index (χ4v) is 2.84. The summed E-state index contributed by atoms with van der Waals surface area (Å²) in [6, 6.07) is 7.08. The van der Waals surface area contributed by atoms with Gasteiger partial charge in [0.15, 0.2) is 5.69 Å². The number of nitrogens with one attached hydrogen (secondary N) is 2. The van der Waals surface area contributed by atoms with Gasteiger partial charge in [0.25, 0.3) is 11.8 Å². The van der Waals surface area contributed by atoms with Crippen LogP contribution in [-0.2, 0) is 13.0 Å². The van der Waals surface area contributed by atoms with Crippen LogP contribution in [0.3, 0.4) is 0 Å². The van der Waals surface area contributed by atoms with E-state index in [1.54, 1.807) is 36.3 Å². The Morgan fingerprint density at radius 3 is 3.00 bits per heavy atom. The molecule has 0 radical (unpaired) electrons. The second-order valence-electron chi connectivity index (χ2n) is 5.60. The van der Waals surface area contributed by atoms with Gasteiger partial charge in [0.2, 0.25) is 0 Å². The summed E-state index contributed by atoms with van der Waals surface area (Å²) in [6.07, 6.45) is 0.650. The topological polar surface area (TPSA) is 87.3 Å². The molecular formula is C17H20N4O3. The van der Waals surface area contributed by atoms with E-state index >= 15 is 0 Å². The fourth-order valence-electron chi connectivity index (χ4n) is 2.84. The number of amides is 2. The van der Waals surface area contributed by atoms with Crippen molar-refractivity contribution in [3.63, 3.8) is 0 Å². The zero-order valence-corrected chi connectivity index (χ0v) is 13.8. The Morgan fingerprint density at radius 1 is 1.42 bits per heavy atom. The number of fused-ring (bicyclic) bond motifs is 1. The van der Waals surface area contributed by atoms with Gasteiger partial charge < -0.3 is 15.0 Å². The van der Waals surface area contributed by atoms with Crippen molar-refractivity contribution in [1.82, 2.24) is 20.4 Å². The molecule has 0 saturated carbocycles. The van der Waals surface area contributed by atoms with Gasteiger partial charge in [0.05, 0.1) is 13.7 Å². The summed E-state index contributed by atoms with van der Waals surface area (Å²) < 4.78 is 5.18. The Bertz CT molecular complexity index is 769. The molecule has 0 saturated heterocycles. The van der Waals surface area contributed by atoms with Gasteiger partial charge in [-0.25, -0.2) is 0 Å². The Morgan fingerprint density at radius 2 is 2.25 bits per heavy atom. The van der Waals surface area contributed by atoms with E-state index in [1.807, 2.05) is 6.92 Å². The van der Waals surface area contributed by atoms with Crippen LogP contribution >= 0.6 is 0 Å². The highest BCUT2D eigenvalue weighted by Crippen LogP contribution is 2.23. The molecule has 1 aliphatic heterocycles. The van der Waals surface area contributed by atoms with E-state index in [-0.39, 0.29) is 11.8 Å². The minimum Gasteiger partial charge on any atom is -0.497 e. The molecule has 7 heteroatoms. The van der Waals surface area contributed by atoms with Crippen molar-refractivity contribution in [1.29, 1.82) is 0 Å². The Hall–Kier alpha value is -2.83. The first-order chi connectivity index (χ1) is 11.6. The first-order valence-electron chi connectivity index (χ1n) is 7.91. The molecule has 24 heavy (non-hydrogen) atoms. The van der Waals surface area contributed by atoms with Gasteiger partial charge in [0, 0.05) is 36.3 Å². The van der Waals surface area contributed by atoms with Crippen molar-refractivity contribution in [3.8, 4) is 5.75 Å². The number of carbonyl (C=O) groups excluding carboxylic acids is 2. The maximum absolute atomic E-state index is 12.7. The van der Waals surface area contributed by atoms with Crippen molar-refractivity contribution in [2.75, 3.05) is 20.2 Å². The Labute approximate surface area is 140 Å². The number of hydrogen-bond acceptors (Lipinski definition) is 4. The quantitative estimate of drug-likeness (QED) is 0.887. The lowest BCUT2D eigenvalue weighted by Gasteiger charge is -2.27. The summed E-state index contributed by atoms with van der Waals surface area (Å²) in [7, 11) is 1.57.